The number of nitrogens with zero attached hydrogens (tertiary/aromatic N) is 1. The van der Waals surface area contributed by atoms with Crippen LogP contribution in [-0.4, -0.2) is 44.0 Å². The van der Waals surface area contributed by atoms with Crippen LogP contribution >= 0.6 is 0 Å². The van der Waals surface area contributed by atoms with Gasteiger partial charge in [-0.05, 0) is 24.5 Å². The monoisotopic (exact) mass is 336 g/mol. The van der Waals surface area contributed by atoms with Crippen LogP contribution in [0.15, 0.2) is 18.2 Å². The summed E-state index contributed by atoms with van der Waals surface area (Å²) in [4.78, 5) is 25.5. The molecule has 0 saturated heterocycles. The summed E-state index contributed by atoms with van der Waals surface area (Å²) in [6, 6.07) is 5.19. The lowest BCUT2D eigenvalue weighted by Crippen LogP contribution is -2.33. The van der Waals surface area contributed by atoms with Crippen molar-refractivity contribution in [2.45, 2.75) is 33.6 Å². The van der Waals surface area contributed by atoms with E-state index in [-0.39, 0.29) is 18.2 Å². The van der Waals surface area contributed by atoms with E-state index in [1.165, 1.54) is 6.92 Å². The van der Waals surface area contributed by atoms with Gasteiger partial charge in [0.15, 0.2) is 11.5 Å². The Labute approximate surface area is 144 Å². The third-order valence-electron chi connectivity index (χ3n) is 3.70. The van der Waals surface area contributed by atoms with E-state index in [0.29, 0.717) is 36.2 Å². The Hall–Kier alpha value is -2.24. The molecule has 0 aliphatic heterocycles. The van der Waals surface area contributed by atoms with Gasteiger partial charge in [0.25, 0.3) is 0 Å². The SMILES string of the molecule is COc1ccc(NC(=O)CCN(CCC(C)C)C(C)=O)cc1OC. The van der Waals surface area contributed by atoms with Crippen LogP contribution < -0.4 is 14.8 Å². The van der Waals surface area contributed by atoms with Gasteiger partial charge in [-0.15, -0.1) is 0 Å². The highest BCUT2D eigenvalue weighted by Crippen LogP contribution is 2.29. The average Bonchev–Trinajstić information content (AvgIpc) is 2.53. The summed E-state index contributed by atoms with van der Waals surface area (Å²) < 4.78 is 10.4. The summed E-state index contributed by atoms with van der Waals surface area (Å²) in [7, 11) is 3.10. The van der Waals surface area contributed by atoms with Crippen molar-refractivity contribution >= 4 is 17.5 Å². The maximum absolute atomic E-state index is 12.1. The van der Waals surface area contributed by atoms with Gasteiger partial charge >= 0.3 is 0 Å². The fourth-order valence-corrected chi connectivity index (χ4v) is 2.21. The number of nitrogens with one attached hydrogen (secondary N) is 1. The second-order valence-electron chi connectivity index (χ2n) is 6.06. The zero-order valence-corrected chi connectivity index (χ0v) is 15.2. The average molecular weight is 336 g/mol. The predicted molar refractivity (Wildman–Crippen MR) is 94.5 cm³/mol. The molecule has 24 heavy (non-hydrogen) atoms. The van der Waals surface area contributed by atoms with Gasteiger partial charge in [-0.1, -0.05) is 13.8 Å². The van der Waals surface area contributed by atoms with Gasteiger partial charge in [0, 0.05) is 38.2 Å². The van der Waals surface area contributed by atoms with Crippen molar-refractivity contribution in [3.63, 3.8) is 0 Å². The van der Waals surface area contributed by atoms with Crippen molar-refractivity contribution in [3.05, 3.63) is 18.2 Å². The minimum Gasteiger partial charge on any atom is -0.493 e. The molecule has 0 fully saturated rings. The molecule has 134 valence electrons. The van der Waals surface area contributed by atoms with Gasteiger partial charge in [0.1, 0.15) is 0 Å². The topological polar surface area (TPSA) is 67.9 Å². The predicted octanol–water partition coefficient (Wildman–Crippen LogP) is 2.93. The number of carbonyl (C=O) groups excluding carboxylic acids is 2. The zero-order chi connectivity index (χ0) is 18.1. The molecule has 0 unspecified atom stereocenters. The number of rotatable bonds is 9. The molecule has 1 aromatic carbocycles. The Morgan fingerprint density at radius 3 is 2.33 bits per heavy atom. The van der Waals surface area contributed by atoms with Crippen molar-refractivity contribution < 1.29 is 19.1 Å². The maximum atomic E-state index is 12.1. The van der Waals surface area contributed by atoms with Crippen molar-refractivity contribution in [1.82, 2.24) is 4.90 Å². The van der Waals surface area contributed by atoms with E-state index < -0.39 is 0 Å². The van der Waals surface area contributed by atoms with Crippen LogP contribution in [0.4, 0.5) is 5.69 Å². The molecular weight excluding hydrogens is 308 g/mol. The van der Waals surface area contributed by atoms with Crippen LogP contribution in [0.25, 0.3) is 0 Å². The van der Waals surface area contributed by atoms with Crippen LogP contribution in [0.3, 0.4) is 0 Å². The molecule has 0 spiro atoms. The summed E-state index contributed by atoms with van der Waals surface area (Å²) in [5.41, 5.74) is 0.634. The maximum Gasteiger partial charge on any atom is 0.226 e. The number of methoxy groups -OCH3 is 2. The number of benzene rings is 1. The Morgan fingerprint density at radius 2 is 1.79 bits per heavy atom. The van der Waals surface area contributed by atoms with Crippen molar-refractivity contribution in [1.29, 1.82) is 0 Å². The quantitative estimate of drug-likeness (QED) is 0.753. The summed E-state index contributed by atoms with van der Waals surface area (Å²) in [5, 5.41) is 2.81. The van der Waals surface area contributed by atoms with E-state index in [1.54, 1.807) is 37.3 Å². The molecule has 0 aliphatic carbocycles. The molecule has 2 amide bonds. The van der Waals surface area contributed by atoms with Gasteiger partial charge in [-0.25, -0.2) is 0 Å². The Kier molecular flexibility index (Phi) is 8.09. The molecule has 1 aromatic rings. The number of ether oxygens (including phenoxy) is 2. The van der Waals surface area contributed by atoms with E-state index in [4.69, 9.17) is 9.47 Å². The highest BCUT2D eigenvalue weighted by atomic mass is 16.5. The fraction of sp³-hybridized carbons (Fsp3) is 0.556. The fourth-order valence-electron chi connectivity index (χ4n) is 2.21. The molecule has 0 bridgehead atoms. The molecule has 6 nitrogen and oxygen atoms in total. The van der Waals surface area contributed by atoms with Crippen LogP contribution in [0, 0.1) is 5.92 Å². The van der Waals surface area contributed by atoms with Gasteiger partial charge in [-0.3, -0.25) is 9.59 Å². The first kappa shape index (κ1) is 19.8. The van der Waals surface area contributed by atoms with Crippen LogP contribution in [-0.2, 0) is 9.59 Å². The molecule has 0 aromatic heterocycles. The molecule has 1 rings (SSSR count). The van der Waals surface area contributed by atoms with Crippen molar-refractivity contribution in [3.8, 4) is 11.5 Å². The first-order valence-electron chi connectivity index (χ1n) is 8.14. The third kappa shape index (κ3) is 6.48. The summed E-state index contributed by atoms with van der Waals surface area (Å²) in [6.45, 7) is 6.86. The molecule has 0 atom stereocenters. The van der Waals surface area contributed by atoms with E-state index in [0.717, 1.165) is 6.42 Å². The van der Waals surface area contributed by atoms with E-state index in [2.05, 4.69) is 19.2 Å². The first-order chi connectivity index (χ1) is 11.4. The number of amides is 2. The molecule has 1 N–H and O–H groups in total. The zero-order valence-electron chi connectivity index (χ0n) is 15.2. The van der Waals surface area contributed by atoms with E-state index in [9.17, 15) is 9.59 Å². The number of carbonyl (C=O) groups is 2. The van der Waals surface area contributed by atoms with Crippen molar-refractivity contribution in [2.24, 2.45) is 5.92 Å². The van der Waals surface area contributed by atoms with Crippen LogP contribution in [0.2, 0.25) is 0 Å². The minimum atomic E-state index is -0.141. The van der Waals surface area contributed by atoms with Crippen molar-refractivity contribution in [2.75, 3.05) is 32.6 Å². The Bertz CT molecular complexity index is 558. The highest BCUT2D eigenvalue weighted by molar-refractivity contribution is 5.91. The third-order valence-corrected chi connectivity index (χ3v) is 3.70. The normalized spacial score (nSPS) is 10.4. The minimum absolute atomic E-state index is 0.00503. The second-order valence-corrected chi connectivity index (χ2v) is 6.06. The van der Waals surface area contributed by atoms with Crippen LogP contribution in [0.1, 0.15) is 33.6 Å². The molecule has 0 radical (unpaired) electrons. The summed E-state index contributed by atoms with van der Waals surface area (Å²) >= 11 is 0. The lowest BCUT2D eigenvalue weighted by Gasteiger charge is -2.21. The summed E-state index contributed by atoms with van der Waals surface area (Å²) in [5.74, 6) is 1.53. The number of anilines is 1. The Morgan fingerprint density at radius 1 is 1.12 bits per heavy atom. The second kappa shape index (κ2) is 9.80. The van der Waals surface area contributed by atoms with Gasteiger partial charge in [0.05, 0.1) is 14.2 Å². The molecule has 0 heterocycles. The molecule has 6 heteroatoms. The van der Waals surface area contributed by atoms with Gasteiger partial charge < -0.3 is 19.7 Å². The Balaban J connectivity index is 2.57. The molecule has 0 saturated carbocycles. The number of hydrogen-bond donors (Lipinski definition) is 1. The van der Waals surface area contributed by atoms with Gasteiger partial charge in [0.2, 0.25) is 11.8 Å². The van der Waals surface area contributed by atoms with E-state index in [1.807, 2.05) is 0 Å². The van der Waals surface area contributed by atoms with E-state index >= 15 is 0 Å². The standard InChI is InChI=1S/C18H28N2O4/c1-13(2)8-10-20(14(3)21)11-9-18(22)19-15-6-7-16(23-4)17(12-15)24-5/h6-7,12-13H,8-11H2,1-5H3,(H,19,22). The smallest absolute Gasteiger partial charge is 0.226 e. The summed E-state index contributed by atoms with van der Waals surface area (Å²) in [6.07, 6.45) is 1.18. The lowest BCUT2D eigenvalue weighted by molar-refractivity contribution is -0.129. The number of hydrogen-bond acceptors (Lipinski definition) is 4. The lowest BCUT2D eigenvalue weighted by atomic mass is 10.1. The molecule has 0 aliphatic rings. The highest BCUT2D eigenvalue weighted by Gasteiger charge is 2.12. The largest absolute Gasteiger partial charge is 0.493 e. The van der Waals surface area contributed by atoms with Crippen LogP contribution in [0.5, 0.6) is 11.5 Å². The molecular formula is C18H28N2O4. The van der Waals surface area contributed by atoms with Gasteiger partial charge in [-0.2, -0.15) is 0 Å². The first-order valence-corrected chi connectivity index (χ1v) is 8.14.